The smallest absolute Gasteiger partial charge is 0.113 e. The van der Waals surface area contributed by atoms with Crippen LogP contribution in [-0.2, 0) is 13.0 Å². The molecule has 0 fully saturated rings. The molecular weight excluding hydrogens is 252 g/mol. The van der Waals surface area contributed by atoms with E-state index in [0.29, 0.717) is 0 Å². The first-order valence-electron chi connectivity index (χ1n) is 6.68. The Kier molecular flexibility index (Phi) is 3.15. The highest BCUT2D eigenvalue weighted by Crippen LogP contribution is 2.24. The van der Waals surface area contributed by atoms with Crippen LogP contribution in [0, 0.1) is 13.8 Å². The standard InChI is InChI=1S/C16H18N2S/c1-4-13-6-5-7-14-8-9-18(16(13)14)10-15-17-11(2)12(3)19-15/h5-9H,4,10H2,1-3H3. The fraction of sp³-hybridized carbons (Fsp3) is 0.312. The van der Waals surface area contributed by atoms with Gasteiger partial charge in [0.05, 0.1) is 17.8 Å². The van der Waals surface area contributed by atoms with E-state index in [-0.39, 0.29) is 0 Å². The van der Waals surface area contributed by atoms with Gasteiger partial charge in [-0.25, -0.2) is 4.98 Å². The Labute approximate surface area is 117 Å². The number of aromatic nitrogens is 2. The molecule has 98 valence electrons. The zero-order chi connectivity index (χ0) is 13.4. The second-order valence-corrected chi connectivity index (χ2v) is 6.19. The summed E-state index contributed by atoms with van der Waals surface area (Å²) in [6.45, 7) is 7.31. The third kappa shape index (κ3) is 2.19. The highest BCUT2D eigenvalue weighted by Gasteiger charge is 2.08. The summed E-state index contributed by atoms with van der Waals surface area (Å²) >= 11 is 1.80. The first-order valence-corrected chi connectivity index (χ1v) is 7.50. The van der Waals surface area contributed by atoms with Crippen LogP contribution in [0.5, 0.6) is 0 Å². The molecule has 1 aromatic carbocycles. The van der Waals surface area contributed by atoms with Crippen molar-refractivity contribution in [2.45, 2.75) is 33.7 Å². The van der Waals surface area contributed by atoms with E-state index in [1.165, 1.54) is 26.4 Å². The quantitative estimate of drug-likeness (QED) is 0.693. The van der Waals surface area contributed by atoms with E-state index in [9.17, 15) is 0 Å². The van der Waals surface area contributed by atoms with Crippen LogP contribution in [-0.4, -0.2) is 9.55 Å². The first-order chi connectivity index (χ1) is 9.19. The molecule has 0 aliphatic rings. The van der Waals surface area contributed by atoms with Crippen LogP contribution in [0.15, 0.2) is 30.5 Å². The topological polar surface area (TPSA) is 17.8 Å². The summed E-state index contributed by atoms with van der Waals surface area (Å²) in [6, 6.07) is 8.74. The number of benzene rings is 1. The maximum atomic E-state index is 4.65. The minimum absolute atomic E-state index is 0.875. The molecule has 0 aliphatic heterocycles. The maximum Gasteiger partial charge on any atom is 0.113 e. The minimum Gasteiger partial charge on any atom is -0.340 e. The lowest BCUT2D eigenvalue weighted by Crippen LogP contribution is -1.99. The fourth-order valence-corrected chi connectivity index (χ4v) is 3.44. The van der Waals surface area contributed by atoms with Crippen molar-refractivity contribution in [1.29, 1.82) is 0 Å². The van der Waals surface area contributed by atoms with Gasteiger partial charge in [-0.2, -0.15) is 0 Å². The summed E-state index contributed by atoms with van der Waals surface area (Å²) in [6.07, 6.45) is 3.24. The van der Waals surface area contributed by atoms with Gasteiger partial charge in [-0.15, -0.1) is 11.3 Å². The molecule has 0 amide bonds. The van der Waals surface area contributed by atoms with E-state index in [4.69, 9.17) is 0 Å². The summed E-state index contributed by atoms with van der Waals surface area (Å²) in [7, 11) is 0. The molecule has 0 N–H and O–H groups in total. The maximum absolute atomic E-state index is 4.65. The van der Waals surface area contributed by atoms with Gasteiger partial charge in [-0.05, 0) is 37.3 Å². The Balaban J connectivity index is 2.05. The van der Waals surface area contributed by atoms with Crippen LogP contribution in [0.2, 0.25) is 0 Å². The number of para-hydroxylation sites is 1. The molecule has 0 aliphatic carbocycles. The summed E-state index contributed by atoms with van der Waals surface area (Å²) < 4.78 is 2.33. The molecule has 0 atom stereocenters. The Morgan fingerprint density at radius 3 is 2.74 bits per heavy atom. The molecule has 3 rings (SSSR count). The number of aryl methyl sites for hydroxylation is 3. The molecule has 3 heteroatoms. The van der Waals surface area contributed by atoms with Crippen LogP contribution < -0.4 is 0 Å². The summed E-state index contributed by atoms with van der Waals surface area (Å²) in [4.78, 5) is 5.97. The van der Waals surface area contributed by atoms with E-state index in [0.717, 1.165) is 18.7 Å². The molecule has 0 spiro atoms. The van der Waals surface area contributed by atoms with Gasteiger partial charge in [0.15, 0.2) is 0 Å². The molecule has 3 aromatic rings. The van der Waals surface area contributed by atoms with Gasteiger partial charge in [0.2, 0.25) is 0 Å². The third-order valence-corrected chi connectivity index (χ3v) is 4.69. The number of thiazole rings is 1. The molecule has 2 aromatic heterocycles. The van der Waals surface area contributed by atoms with Crippen LogP contribution in [0.3, 0.4) is 0 Å². The predicted molar refractivity (Wildman–Crippen MR) is 82.0 cm³/mol. The first kappa shape index (κ1) is 12.4. The van der Waals surface area contributed by atoms with E-state index in [1.54, 1.807) is 11.3 Å². The van der Waals surface area contributed by atoms with Crippen LogP contribution in [0.4, 0.5) is 0 Å². The predicted octanol–water partition coefficient (Wildman–Crippen LogP) is 4.33. The zero-order valence-electron chi connectivity index (χ0n) is 11.6. The fourth-order valence-electron chi connectivity index (χ4n) is 2.51. The molecule has 0 bridgehead atoms. The number of hydrogen-bond acceptors (Lipinski definition) is 2. The second kappa shape index (κ2) is 4.82. The Morgan fingerprint density at radius 1 is 1.21 bits per heavy atom. The van der Waals surface area contributed by atoms with Crippen molar-refractivity contribution in [3.05, 3.63) is 51.6 Å². The molecule has 0 unspecified atom stereocenters. The van der Waals surface area contributed by atoms with Crippen LogP contribution in [0.1, 0.15) is 28.1 Å². The number of fused-ring (bicyclic) bond motifs is 1. The van der Waals surface area contributed by atoms with Gasteiger partial charge in [0.25, 0.3) is 0 Å². The lowest BCUT2D eigenvalue weighted by Gasteiger charge is -2.07. The van der Waals surface area contributed by atoms with Crippen LogP contribution in [0.25, 0.3) is 10.9 Å². The number of hydrogen-bond donors (Lipinski definition) is 0. The van der Waals surface area contributed by atoms with E-state index in [1.807, 2.05) is 0 Å². The highest BCUT2D eigenvalue weighted by molar-refractivity contribution is 7.11. The molecule has 0 saturated carbocycles. The average molecular weight is 270 g/mol. The summed E-state index contributed by atoms with van der Waals surface area (Å²) in [5, 5.41) is 2.52. The van der Waals surface area contributed by atoms with Gasteiger partial charge < -0.3 is 4.57 Å². The lowest BCUT2D eigenvalue weighted by atomic mass is 10.1. The van der Waals surface area contributed by atoms with E-state index in [2.05, 4.69) is 60.8 Å². The van der Waals surface area contributed by atoms with Crippen molar-refractivity contribution in [3.8, 4) is 0 Å². The normalized spacial score (nSPS) is 11.3. The SMILES string of the molecule is CCc1cccc2ccn(Cc3nc(C)c(C)s3)c12. The number of rotatable bonds is 3. The summed E-state index contributed by atoms with van der Waals surface area (Å²) in [5.41, 5.74) is 3.93. The van der Waals surface area contributed by atoms with Gasteiger partial charge in [0, 0.05) is 11.1 Å². The van der Waals surface area contributed by atoms with Crippen molar-refractivity contribution in [2.24, 2.45) is 0 Å². The van der Waals surface area contributed by atoms with E-state index >= 15 is 0 Å². The molecule has 19 heavy (non-hydrogen) atoms. The Morgan fingerprint density at radius 2 is 2.05 bits per heavy atom. The molecule has 0 saturated heterocycles. The van der Waals surface area contributed by atoms with Gasteiger partial charge in [-0.1, -0.05) is 25.1 Å². The van der Waals surface area contributed by atoms with Gasteiger partial charge in [0.1, 0.15) is 5.01 Å². The van der Waals surface area contributed by atoms with Crippen molar-refractivity contribution < 1.29 is 0 Å². The van der Waals surface area contributed by atoms with Crippen molar-refractivity contribution in [3.63, 3.8) is 0 Å². The third-order valence-electron chi connectivity index (χ3n) is 3.63. The minimum atomic E-state index is 0.875. The molecule has 2 heterocycles. The Hall–Kier alpha value is -1.61. The number of nitrogens with zero attached hydrogens (tertiary/aromatic N) is 2. The van der Waals surface area contributed by atoms with Crippen molar-refractivity contribution in [2.75, 3.05) is 0 Å². The van der Waals surface area contributed by atoms with Crippen molar-refractivity contribution in [1.82, 2.24) is 9.55 Å². The average Bonchev–Trinajstić information content (AvgIpc) is 2.94. The highest BCUT2D eigenvalue weighted by atomic mass is 32.1. The van der Waals surface area contributed by atoms with Gasteiger partial charge >= 0.3 is 0 Å². The zero-order valence-corrected chi connectivity index (χ0v) is 12.4. The largest absolute Gasteiger partial charge is 0.340 e. The van der Waals surface area contributed by atoms with E-state index < -0.39 is 0 Å². The summed E-state index contributed by atoms with van der Waals surface area (Å²) in [5.74, 6) is 0. The van der Waals surface area contributed by atoms with Gasteiger partial charge in [-0.3, -0.25) is 0 Å². The lowest BCUT2D eigenvalue weighted by molar-refractivity contribution is 0.819. The second-order valence-electron chi connectivity index (χ2n) is 4.90. The molecular formula is C16H18N2S. The van der Waals surface area contributed by atoms with Crippen molar-refractivity contribution >= 4 is 22.2 Å². The van der Waals surface area contributed by atoms with Crippen LogP contribution >= 0.6 is 11.3 Å². The molecule has 0 radical (unpaired) electrons. The Bertz CT molecular complexity index is 702. The molecule has 2 nitrogen and oxygen atoms in total. The monoisotopic (exact) mass is 270 g/mol.